The SMILES string of the molecule is CCCCC(=O)NCCC1NOC2CC(=O)CCC2C1C. The molecule has 0 aromatic heterocycles. The summed E-state index contributed by atoms with van der Waals surface area (Å²) in [6.45, 7) is 5.00. The number of carbonyl (C=O) groups is 2. The maximum absolute atomic E-state index is 11.6. The van der Waals surface area contributed by atoms with E-state index in [1.165, 1.54) is 0 Å². The standard InChI is InChI=1S/C16H28N2O3/c1-3-4-5-16(20)17-9-8-14-11(2)13-7-6-12(19)10-15(13)21-18-14/h11,13-15,18H,3-10H2,1-2H3,(H,17,20). The Bertz CT molecular complexity index is 373. The highest BCUT2D eigenvalue weighted by atomic mass is 16.7. The lowest BCUT2D eigenvalue weighted by atomic mass is 9.74. The Morgan fingerprint density at radius 3 is 3.05 bits per heavy atom. The third-order valence-corrected chi connectivity index (χ3v) is 4.88. The third kappa shape index (κ3) is 4.51. The van der Waals surface area contributed by atoms with E-state index in [1.807, 2.05) is 0 Å². The lowest BCUT2D eigenvalue weighted by molar-refractivity contribution is -0.160. The first kappa shape index (κ1) is 16.4. The molecule has 1 saturated carbocycles. The Hall–Kier alpha value is -0.940. The molecule has 2 rings (SSSR count). The zero-order valence-corrected chi connectivity index (χ0v) is 13.2. The van der Waals surface area contributed by atoms with Crippen LogP contribution >= 0.6 is 0 Å². The molecule has 120 valence electrons. The number of hydrogen-bond acceptors (Lipinski definition) is 4. The van der Waals surface area contributed by atoms with Gasteiger partial charge in [-0.2, -0.15) is 5.48 Å². The quantitative estimate of drug-likeness (QED) is 0.786. The van der Waals surface area contributed by atoms with Gasteiger partial charge >= 0.3 is 0 Å². The minimum absolute atomic E-state index is 0.0386. The van der Waals surface area contributed by atoms with E-state index in [4.69, 9.17) is 4.84 Å². The summed E-state index contributed by atoms with van der Waals surface area (Å²) in [7, 11) is 0. The minimum Gasteiger partial charge on any atom is -0.356 e. The Morgan fingerprint density at radius 1 is 1.48 bits per heavy atom. The molecule has 0 bridgehead atoms. The van der Waals surface area contributed by atoms with Crippen LogP contribution in [0.1, 0.15) is 58.8 Å². The van der Waals surface area contributed by atoms with Gasteiger partial charge in [-0.05, 0) is 31.1 Å². The summed E-state index contributed by atoms with van der Waals surface area (Å²) < 4.78 is 0. The number of amides is 1. The Balaban J connectivity index is 1.72. The van der Waals surface area contributed by atoms with Gasteiger partial charge in [-0.15, -0.1) is 0 Å². The fourth-order valence-corrected chi connectivity index (χ4v) is 3.42. The fourth-order valence-electron chi connectivity index (χ4n) is 3.42. The molecule has 0 aromatic rings. The molecule has 2 N–H and O–H groups in total. The van der Waals surface area contributed by atoms with Crippen molar-refractivity contribution in [3.05, 3.63) is 0 Å². The van der Waals surface area contributed by atoms with Crippen molar-refractivity contribution in [2.45, 2.75) is 70.9 Å². The van der Waals surface area contributed by atoms with Crippen molar-refractivity contribution in [2.75, 3.05) is 6.54 Å². The van der Waals surface area contributed by atoms with Crippen LogP contribution in [0.25, 0.3) is 0 Å². The fraction of sp³-hybridized carbons (Fsp3) is 0.875. The second-order valence-electron chi connectivity index (χ2n) is 6.43. The first-order valence-corrected chi connectivity index (χ1v) is 8.31. The lowest BCUT2D eigenvalue weighted by Crippen LogP contribution is -2.53. The molecular formula is C16H28N2O3. The highest BCUT2D eigenvalue weighted by molar-refractivity contribution is 5.79. The number of hydrogen-bond donors (Lipinski definition) is 2. The monoisotopic (exact) mass is 296 g/mol. The van der Waals surface area contributed by atoms with E-state index in [1.54, 1.807) is 0 Å². The summed E-state index contributed by atoms with van der Waals surface area (Å²) in [5.74, 6) is 1.39. The maximum Gasteiger partial charge on any atom is 0.219 e. The van der Waals surface area contributed by atoms with E-state index in [0.29, 0.717) is 43.4 Å². The summed E-state index contributed by atoms with van der Waals surface area (Å²) in [4.78, 5) is 28.7. The molecule has 1 saturated heterocycles. The maximum atomic E-state index is 11.6. The zero-order chi connectivity index (χ0) is 15.2. The molecule has 4 atom stereocenters. The van der Waals surface area contributed by atoms with Crippen LogP contribution in [0.4, 0.5) is 0 Å². The molecule has 1 amide bonds. The number of nitrogens with one attached hydrogen (secondary N) is 2. The molecular weight excluding hydrogens is 268 g/mol. The van der Waals surface area contributed by atoms with Crippen LogP contribution in [0.3, 0.4) is 0 Å². The molecule has 2 aliphatic rings. The molecule has 4 unspecified atom stereocenters. The Labute approximate surface area is 127 Å². The molecule has 1 heterocycles. The minimum atomic E-state index is 0.0386. The number of rotatable bonds is 6. The summed E-state index contributed by atoms with van der Waals surface area (Å²) in [5.41, 5.74) is 3.10. The number of fused-ring (bicyclic) bond motifs is 1. The number of ketones is 1. The normalized spacial score (nSPS) is 32.6. The van der Waals surface area contributed by atoms with Crippen molar-refractivity contribution in [1.29, 1.82) is 0 Å². The highest BCUT2D eigenvalue weighted by Crippen LogP contribution is 2.35. The van der Waals surface area contributed by atoms with Crippen molar-refractivity contribution < 1.29 is 14.4 Å². The molecule has 21 heavy (non-hydrogen) atoms. The average molecular weight is 296 g/mol. The van der Waals surface area contributed by atoms with Gasteiger partial charge < -0.3 is 5.32 Å². The predicted molar refractivity (Wildman–Crippen MR) is 80.5 cm³/mol. The van der Waals surface area contributed by atoms with E-state index < -0.39 is 0 Å². The summed E-state index contributed by atoms with van der Waals surface area (Å²) in [6.07, 6.45) is 5.69. The van der Waals surface area contributed by atoms with Crippen molar-refractivity contribution in [3.8, 4) is 0 Å². The van der Waals surface area contributed by atoms with Crippen LogP contribution in [-0.2, 0) is 14.4 Å². The molecule has 0 spiro atoms. The summed E-state index contributed by atoms with van der Waals surface area (Å²) in [5, 5.41) is 2.98. The smallest absolute Gasteiger partial charge is 0.219 e. The topological polar surface area (TPSA) is 67.4 Å². The van der Waals surface area contributed by atoms with Gasteiger partial charge in [0, 0.05) is 31.8 Å². The molecule has 5 heteroatoms. The van der Waals surface area contributed by atoms with E-state index in [2.05, 4.69) is 24.6 Å². The van der Waals surface area contributed by atoms with Crippen molar-refractivity contribution in [2.24, 2.45) is 11.8 Å². The van der Waals surface area contributed by atoms with Crippen molar-refractivity contribution in [1.82, 2.24) is 10.8 Å². The number of hydroxylamine groups is 1. The number of Topliss-reactive ketones (excluding diaryl/α,β-unsaturated/α-hetero) is 1. The van der Waals surface area contributed by atoms with E-state index in [-0.39, 0.29) is 18.1 Å². The summed E-state index contributed by atoms with van der Waals surface area (Å²) >= 11 is 0. The van der Waals surface area contributed by atoms with Crippen molar-refractivity contribution in [3.63, 3.8) is 0 Å². The van der Waals surface area contributed by atoms with Crippen LogP contribution in [0, 0.1) is 11.8 Å². The van der Waals surface area contributed by atoms with Crippen LogP contribution < -0.4 is 10.8 Å². The second kappa shape index (κ2) is 7.90. The van der Waals surface area contributed by atoms with Crippen LogP contribution in [0.5, 0.6) is 0 Å². The summed E-state index contributed by atoms with van der Waals surface area (Å²) in [6, 6.07) is 0.255. The third-order valence-electron chi connectivity index (χ3n) is 4.88. The van der Waals surface area contributed by atoms with Gasteiger partial charge in [0.15, 0.2) is 0 Å². The van der Waals surface area contributed by atoms with E-state index >= 15 is 0 Å². The van der Waals surface area contributed by atoms with Crippen LogP contribution in [-0.4, -0.2) is 30.4 Å². The van der Waals surface area contributed by atoms with Crippen LogP contribution in [0.2, 0.25) is 0 Å². The van der Waals surface area contributed by atoms with Gasteiger partial charge in [0.1, 0.15) is 5.78 Å². The second-order valence-corrected chi connectivity index (χ2v) is 6.43. The van der Waals surface area contributed by atoms with Gasteiger partial charge in [-0.1, -0.05) is 20.3 Å². The number of unbranched alkanes of at least 4 members (excludes halogenated alkanes) is 1. The van der Waals surface area contributed by atoms with Crippen molar-refractivity contribution >= 4 is 11.7 Å². The Kier molecular flexibility index (Phi) is 6.18. The molecule has 5 nitrogen and oxygen atoms in total. The molecule has 0 aromatic carbocycles. The molecule has 2 fully saturated rings. The van der Waals surface area contributed by atoms with E-state index in [0.717, 1.165) is 25.7 Å². The largest absolute Gasteiger partial charge is 0.356 e. The lowest BCUT2D eigenvalue weighted by Gasteiger charge is -2.43. The van der Waals surface area contributed by atoms with Gasteiger partial charge in [0.05, 0.1) is 6.10 Å². The van der Waals surface area contributed by atoms with Gasteiger partial charge in [0.25, 0.3) is 0 Å². The average Bonchev–Trinajstić information content (AvgIpc) is 2.47. The van der Waals surface area contributed by atoms with E-state index in [9.17, 15) is 9.59 Å². The molecule has 1 aliphatic heterocycles. The van der Waals surface area contributed by atoms with Gasteiger partial charge in [-0.3, -0.25) is 14.4 Å². The van der Waals surface area contributed by atoms with Gasteiger partial charge in [-0.25, -0.2) is 0 Å². The Morgan fingerprint density at radius 2 is 2.29 bits per heavy atom. The predicted octanol–water partition coefficient (Wildman–Crippen LogP) is 1.96. The van der Waals surface area contributed by atoms with Crippen LogP contribution in [0.15, 0.2) is 0 Å². The molecule has 1 aliphatic carbocycles. The first-order valence-electron chi connectivity index (χ1n) is 8.31. The first-order chi connectivity index (χ1) is 10.1. The van der Waals surface area contributed by atoms with Gasteiger partial charge in [0.2, 0.25) is 5.91 Å². The number of carbonyl (C=O) groups excluding carboxylic acids is 2. The molecule has 0 radical (unpaired) electrons. The highest BCUT2D eigenvalue weighted by Gasteiger charge is 2.40. The zero-order valence-electron chi connectivity index (χ0n) is 13.2.